The minimum Gasteiger partial charge on any atom is -0.342 e. The number of hydrogen-bond acceptors (Lipinski definition) is 3. The fourth-order valence-corrected chi connectivity index (χ4v) is 2.68. The number of piperidine rings is 1. The minimum absolute atomic E-state index is 0.309. The van der Waals surface area contributed by atoms with Crippen molar-refractivity contribution in [1.82, 2.24) is 4.90 Å². The second-order valence-electron chi connectivity index (χ2n) is 4.14. The Morgan fingerprint density at radius 2 is 2.07 bits per heavy atom. The highest BCUT2D eigenvalue weighted by atomic mass is 32.2. The summed E-state index contributed by atoms with van der Waals surface area (Å²) in [6.07, 6.45) is 4.63. The van der Waals surface area contributed by atoms with E-state index >= 15 is 0 Å². The number of carbonyl (C=O) groups is 1. The van der Waals surface area contributed by atoms with Gasteiger partial charge >= 0.3 is 0 Å². The molecule has 2 N–H and O–H groups in total. The average Bonchev–Trinajstić information content (AvgIpc) is 2.27. The van der Waals surface area contributed by atoms with Crippen LogP contribution in [-0.2, 0) is 4.79 Å². The molecular weight excluding hydrogens is 208 g/mol. The highest BCUT2D eigenvalue weighted by Gasteiger charge is 2.16. The average molecular weight is 230 g/mol. The molecule has 1 heterocycles. The third-order valence-electron chi connectivity index (χ3n) is 2.77. The Hall–Kier alpha value is -0.220. The largest absolute Gasteiger partial charge is 0.342 e. The monoisotopic (exact) mass is 230 g/mol. The number of carbonyl (C=O) groups excluding carboxylic acids is 1. The third kappa shape index (κ3) is 4.89. The van der Waals surface area contributed by atoms with Crippen LogP contribution >= 0.6 is 11.8 Å². The summed E-state index contributed by atoms with van der Waals surface area (Å²) in [6, 6.07) is 0. The lowest BCUT2D eigenvalue weighted by molar-refractivity contribution is -0.129. The van der Waals surface area contributed by atoms with Crippen LogP contribution in [0.25, 0.3) is 0 Å². The number of nitrogens with two attached hydrogens (primary N) is 1. The van der Waals surface area contributed by atoms with Gasteiger partial charge in [-0.2, -0.15) is 0 Å². The van der Waals surface area contributed by atoms with Crippen molar-refractivity contribution in [2.24, 2.45) is 5.73 Å². The maximum Gasteiger partial charge on any atom is 0.232 e. The van der Waals surface area contributed by atoms with Gasteiger partial charge in [-0.05, 0) is 32.2 Å². The molecule has 0 saturated carbocycles. The first-order chi connectivity index (χ1) is 7.24. The topological polar surface area (TPSA) is 46.3 Å². The Labute approximate surface area is 96.8 Å². The van der Waals surface area contributed by atoms with E-state index in [4.69, 9.17) is 5.73 Å². The number of rotatable bonds is 5. The lowest BCUT2D eigenvalue weighted by atomic mass is 10.1. The molecule has 0 aromatic heterocycles. The summed E-state index contributed by atoms with van der Waals surface area (Å²) in [5.74, 6) is 0.935. The van der Waals surface area contributed by atoms with Crippen LogP contribution in [0.1, 0.15) is 32.6 Å². The van der Waals surface area contributed by atoms with Gasteiger partial charge < -0.3 is 10.6 Å². The van der Waals surface area contributed by atoms with Crippen LogP contribution in [0.2, 0.25) is 0 Å². The van der Waals surface area contributed by atoms with Crippen LogP contribution in [0.4, 0.5) is 0 Å². The van der Waals surface area contributed by atoms with Crippen molar-refractivity contribution >= 4 is 17.7 Å². The fourth-order valence-electron chi connectivity index (χ4n) is 1.77. The Morgan fingerprint density at radius 3 is 2.67 bits per heavy atom. The Balaban J connectivity index is 2.16. The number of amides is 1. The molecule has 0 aromatic carbocycles. The predicted octanol–water partition coefficient (Wildman–Crippen LogP) is 1.47. The molecule has 4 heteroatoms. The molecule has 1 fully saturated rings. The fraction of sp³-hybridized carbons (Fsp3) is 0.909. The van der Waals surface area contributed by atoms with E-state index in [0.29, 0.717) is 23.5 Å². The van der Waals surface area contributed by atoms with Crippen molar-refractivity contribution in [3.8, 4) is 0 Å². The Bertz CT molecular complexity index is 193. The van der Waals surface area contributed by atoms with Crippen LogP contribution in [0.5, 0.6) is 0 Å². The lowest BCUT2D eigenvalue weighted by Crippen LogP contribution is -2.37. The molecule has 0 aliphatic carbocycles. The maximum atomic E-state index is 11.8. The van der Waals surface area contributed by atoms with E-state index in [1.165, 1.54) is 19.3 Å². The molecular formula is C11H22N2OS. The van der Waals surface area contributed by atoms with E-state index in [9.17, 15) is 4.79 Å². The Kier molecular flexibility index (Phi) is 6.10. The SMILES string of the molecule is CC(CCN)SCC(=O)N1CCCCC1. The highest BCUT2D eigenvalue weighted by Crippen LogP contribution is 2.16. The van der Waals surface area contributed by atoms with Gasteiger partial charge in [0.15, 0.2) is 0 Å². The predicted molar refractivity (Wildman–Crippen MR) is 66.0 cm³/mol. The van der Waals surface area contributed by atoms with Crippen molar-refractivity contribution in [3.63, 3.8) is 0 Å². The number of hydrogen-bond donors (Lipinski definition) is 1. The molecule has 3 nitrogen and oxygen atoms in total. The van der Waals surface area contributed by atoms with E-state index in [-0.39, 0.29) is 0 Å². The van der Waals surface area contributed by atoms with Crippen LogP contribution in [0.15, 0.2) is 0 Å². The summed E-state index contributed by atoms with van der Waals surface area (Å²) in [4.78, 5) is 13.8. The molecule has 0 radical (unpaired) electrons. The molecule has 15 heavy (non-hydrogen) atoms. The van der Waals surface area contributed by atoms with Crippen molar-refractivity contribution in [1.29, 1.82) is 0 Å². The number of likely N-dealkylation sites (tertiary alicyclic amines) is 1. The molecule has 0 spiro atoms. The van der Waals surface area contributed by atoms with Gasteiger partial charge in [-0.25, -0.2) is 0 Å². The molecule has 1 unspecified atom stereocenters. The van der Waals surface area contributed by atoms with Gasteiger partial charge in [-0.15, -0.1) is 11.8 Å². The van der Waals surface area contributed by atoms with Crippen molar-refractivity contribution in [2.75, 3.05) is 25.4 Å². The quantitative estimate of drug-likeness (QED) is 0.778. The first kappa shape index (κ1) is 12.8. The van der Waals surface area contributed by atoms with E-state index in [2.05, 4.69) is 6.92 Å². The van der Waals surface area contributed by atoms with Crippen LogP contribution in [-0.4, -0.2) is 41.4 Å². The van der Waals surface area contributed by atoms with Crippen LogP contribution in [0.3, 0.4) is 0 Å². The molecule has 1 aliphatic heterocycles. The van der Waals surface area contributed by atoms with E-state index in [1.807, 2.05) is 4.90 Å². The van der Waals surface area contributed by atoms with E-state index in [1.54, 1.807) is 11.8 Å². The van der Waals surface area contributed by atoms with Crippen LogP contribution < -0.4 is 5.73 Å². The van der Waals surface area contributed by atoms with Gasteiger partial charge in [0.25, 0.3) is 0 Å². The first-order valence-electron chi connectivity index (χ1n) is 5.83. The second kappa shape index (κ2) is 7.12. The molecule has 0 bridgehead atoms. The van der Waals surface area contributed by atoms with Gasteiger partial charge in [0.2, 0.25) is 5.91 Å². The molecule has 1 amide bonds. The summed E-state index contributed by atoms with van der Waals surface area (Å²) in [5.41, 5.74) is 5.47. The zero-order chi connectivity index (χ0) is 11.1. The standard InChI is InChI=1S/C11H22N2OS/c1-10(5-6-12)15-9-11(14)13-7-3-2-4-8-13/h10H,2-9,12H2,1H3. The normalized spacial score (nSPS) is 18.9. The van der Waals surface area contributed by atoms with Gasteiger partial charge in [-0.3, -0.25) is 4.79 Å². The van der Waals surface area contributed by atoms with Gasteiger partial charge in [0.05, 0.1) is 5.75 Å². The number of thioether (sulfide) groups is 1. The highest BCUT2D eigenvalue weighted by molar-refractivity contribution is 8.00. The van der Waals surface area contributed by atoms with E-state index < -0.39 is 0 Å². The first-order valence-corrected chi connectivity index (χ1v) is 6.88. The summed E-state index contributed by atoms with van der Waals surface area (Å²) in [7, 11) is 0. The lowest BCUT2D eigenvalue weighted by Gasteiger charge is -2.27. The summed E-state index contributed by atoms with van der Waals surface area (Å²) < 4.78 is 0. The molecule has 88 valence electrons. The van der Waals surface area contributed by atoms with Crippen molar-refractivity contribution < 1.29 is 4.79 Å². The molecule has 1 saturated heterocycles. The molecule has 0 aromatic rings. The summed E-state index contributed by atoms with van der Waals surface area (Å²) >= 11 is 1.73. The minimum atomic E-state index is 0.309. The zero-order valence-corrected chi connectivity index (χ0v) is 10.4. The maximum absolute atomic E-state index is 11.8. The third-order valence-corrected chi connectivity index (χ3v) is 3.99. The van der Waals surface area contributed by atoms with E-state index in [0.717, 1.165) is 19.5 Å². The molecule has 1 aliphatic rings. The second-order valence-corrected chi connectivity index (χ2v) is 5.57. The summed E-state index contributed by atoms with van der Waals surface area (Å²) in [5, 5.41) is 0.503. The van der Waals surface area contributed by atoms with Gasteiger partial charge in [-0.1, -0.05) is 6.92 Å². The van der Waals surface area contributed by atoms with Gasteiger partial charge in [0.1, 0.15) is 0 Å². The smallest absolute Gasteiger partial charge is 0.232 e. The van der Waals surface area contributed by atoms with Gasteiger partial charge in [0, 0.05) is 18.3 Å². The summed E-state index contributed by atoms with van der Waals surface area (Å²) in [6.45, 7) is 4.78. The molecule has 1 rings (SSSR count). The molecule has 1 atom stereocenters. The number of nitrogens with zero attached hydrogens (tertiary/aromatic N) is 1. The van der Waals surface area contributed by atoms with Crippen molar-refractivity contribution in [2.45, 2.75) is 37.9 Å². The van der Waals surface area contributed by atoms with Crippen molar-refractivity contribution in [3.05, 3.63) is 0 Å². The Morgan fingerprint density at radius 1 is 1.40 bits per heavy atom. The van der Waals surface area contributed by atoms with Crippen LogP contribution in [0, 0.1) is 0 Å². The zero-order valence-electron chi connectivity index (χ0n) is 9.58.